The molecule has 0 bridgehead atoms. The van der Waals surface area contributed by atoms with Crippen molar-refractivity contribution in [3.63, 3.8) is 0 Å². The van der Waals surface area contributed by atoms with Gasteiger partial charge < -0.3 is 0 Å². The number of benzene rings is 2. The second-order valence-corrected chi connectivity index (χ2v) is 7.87. The fraction of sp³-hybridized carbons (Fsp3) is 0.227. The van der Waals surface area contributed by atoms with Gasteiger partial charge in [-0.05, 0) is 32.4 Å². The Morgan fingerprint density at radius 3 is 2.48 bits per heavy atom. The fourth-order valence-electron chi connectivity index (χ4n) is 3.26. The van der Waals surface area contributed by atoms with Gasteiger partial charge in [-0.25, -0.2) is 4.98 Å². The molecule has 0 aliphatic rings. The van der Waals surface area contributed by atoms with E-state index < -0.39 is 0 Å². The second-order valence-electron chi connectivity index (χ2n) is 6.84. The predicted molar refractivity (Wildman–Crippen MR) is 113 cm³/mol. The van der Waals surface area contributed by atoms with Crippen molar-refractivity contribution in [3.05, 3.63) is 74.7 Å². The van der Waals surface area contributed by atoms with Crippen molar-refractivity contribution in [1.82, 2.24) is 9.55 Å². The molecule has 0 N–H and O–H groups in total. The second kappa shape index (κ2) is 6.74. The van der Waals surface area contributed by atoms with Crippen LogP contribution in [0.4, 0.5) is 0 Å². The van der Waals surface area contributed by atoms with Crippen molar-refractivity contribution in [2.75, 3.05) is 0 Å². The predicted octanol–water partition coefficient (Wildman–Crippen LogP) is 4.92. The third kappa shape index (κ3) is 2.88. The molecule has 1 atom stereocenters. The lowest BCUT2D eigenvalue weighted by Gasteiger charge is -2.18. The van der Waals surface area contributed by atoms with Gasteiger partial charge in [0.25, 0.3) is 5.56 Å². The Kier molecular flexibility index (Phi) is 4.40. The Morgan fingerprint density at radius 1 is 1.07 bits per heavy atom. The molecule has 2 aromatic carbocycles. The zero-order valence-electron chi connectivity index (χ0n) is 15.5. The minimum Gasteiger partial charge on any atom is -0.289 e. The molecule has 0 saturated heterocycles. The Labute approximate surface area is 160 Å². The Hall–Kier alpha value is -2.79. The van der Waals surface area contributed by atoms with Crippen LogP contribution < -0.4 is 11.0 Å². The largest absolute Gasteiger partial charge is 0.289 e. The van der Waals surface area contributed by atoms with Gasteiger partial charge in [-0.3, -0.25) is 14.2 Å². The highest BCUT2D eigenvalue weighted by Crippen LogP contribution is 2.27. The van der Waals surface area contributed by atoms with Crippen molar-refractivity contribution < 1.29 is 0 Å². The lowest BCUT2D eigenvalue weighted by atomic mass is 10.1. The van der Waals surface area contributed by atoms with Gasteiger partial charge in [0.05, 0.1) is 0 Å². The van der Waals surface area contributed by atoms with Crippen molar-refractivity contribution in [3.8, 4) is 11.4 Å². The number of aryl methyl sites for hydroxylation is 1. The van der Waals surface area contributed by atoms with Gasteiger partial charge in [0.15, 0.2) is 0 Å². The molecule has 2 heterocycles. The third-order valence-electron chi connectivity index (χ3n) is 4.99. The highest BCUT2D eigenvalue weighted by Gasteiger charge is 2.20. The summed E-state index contributed by atoms with van der Waals surface area (Å²) < 4.78 is 2.52. The molecule has 4 aromatic rings. The zero-order valence-corrected chi connectivity index (χ0v) is 16.3. The molecule has 0 saturated carbocycles. The van der Waals surface area contributed by atoms with Crippen LogP contribution in [-0.2, 0) is 0 Å². The molecule has 0 amide bonds. The molecule has 0 radical (unpaired) electrons. The summed E-state index contributed by atoms with van der Waals surface area (Å²) in [5.41, 5.74) is 1.54. The van der Waals surface area contributed by atoms with Crippen molar-refractivity contribution >= 4 is 31.6 Å². The first-order chi connectivity index (χ1) is 13.0. The lowest BCUT2D eigenvalue weighted by Crippen LogP contribution is -2.29. The van der Waals surface area contributed by atoms with Gasteiger partial charge in [0.1, 0.15) is 16.0 Å². The molecular formula is C22H20N2O2S. The van der Waals surface area contributed by atoms with Crippen LogP contribution in [-0.4, -0.2) is 9.55 Å². The van der Waals surface area contributed by atoms with E-state index in [1.165, 1.54) is 11.3 Å². The maximum absolute atomic E-state index is 13.4. The highest BCUT2D eigenvalue weighted by atomic mass is 32.1. The first-order valence-electron chi connectivity index (χ1n) is 9.06. The maximum Gasteiger partial charge on any atom is 0.266 e. The van der Waals surface area contributed by atoms with Crippen LogP contribution in [0.3, 0.4) is 0 Å². The molecule has 2 aromatic heterocycles. The minimum absolute atomic E-state index is 0.0541. The van der Waals surface area contributed by atoms with Crippen molar-refractivity contribution in [2.45, 2.75) is 33.2 Å². The summed E-state index contributed by atoms with van der Waals surface area (Å²) in [6, 6.07) is 15.3. The standard InChI is InChI=1S/C22H20N2O2S/c1-4-14(3)24-20(15-11-9-13(2)10-12-15)23-21-18(22(24)26)19(25)16-7-5-6-8-17(16)27-21/h5-12,14H,4H2,1-3H3/t14-/m1/s1. The molecule has 0 fully saturated rings. The Balaban J connectivity index is 2.17. The average Bonchev–Trinajstić information content (AvgIpc) is 2.68. The molecular weight excluding hydrogens is 356 g/mol. The zero-order chi connectivity index (χ0) is 19.1. The lowest BCUT2D eigenvalue weighted by molar-refractivity contribution is 0.517. The number of aromatic nitrogens is 2. The van der Waals surface area contributed by atoms with Gasteiger partial charge in [-0.2, -0.15) is 0 Å². The molecule has 0 aliphatic heterocycles. The van der Waals surface area contributed by atoms with Gasteiger partial charge in [-0.1, -0.05) is 48.9 Å². The highest BCUT2D eigenvalue weighted by molar-refractivity contribution is 7.24. The number of fused-ring (bicyclic) bond motifs is 2. The number of nitrogens with zero attached hydrogens (tertiary/aromatic N) is 2. The summed E-state index contributed by atoms with van der Waals surface area (Å²) in [6.45, 7) is 6.04. The minimum atomic E-state index is -0.253. The maximum atomic E-state index is 13.4. The number of hydrogen-bond donors (Lipinski definition) is 0. The van der Waals surface area contributed by atoms with Crippen molar-refractivity contribution in [2.24, 2.45) is 0 Å². The SMILES string of the molecule is CC[C@@H](C)n1c(-c2ccc(C)cc2)nc2sc3ccccc3c(=O)c2c1=O. The summed E-state index contributed by atoms with van der Waals surface area (Å²) in [5.74, 6) is 0.618. The smallest absolute Gasteiger partial charge is 0.266 e. The van der Waals surface area contributed by atoms with Crippen LogP contribution >= 0.6 is 11.3 Å². The van der Waals surface area contributed by atoms with Crippen molar-refractivity contribution in [1.29, 1.82) is 0 Å². The topological polar surface area (TPSA) is 52.0 Å². The quantitative estimate of drug-likeness (QED) is 0.477. The Bertz CT molecular complexity index is 1270. The fourth-order valence-corrected chi connectivity index (χ4v) is 4.30. The van der Waals surface area contributed by atoms with Crippen LogP contribution in [0.15, 0.2) is 58.1 Å². The van der Waals surface area contributed by atoms with Gasteiger partial charge in [-0.15, -0.1) is 11.3 Å². The van der Waals surface area contributed by atoms with Crippen LogP contribution in [0.25, 0.3) is 31.7 Å². The summed E-state index contributed by atoms with van der Waals surface area (Å²) in [7, 11) is 0. The summed E-state index contributed by atoms with van der Waals surface area (Å²) >= 11 is 1.40. The van der Waals surface area contributed by atoms with E-state index in [2.05, 4.69) is 0 Å². The van der Waals surface area contributed by atoms with Gasteiger partial charge in [0, 0.05) is 21.7 Å². The van der Waals surface area contributed by atoms with E-state index in [1.807, 2.05) is 63.2 Å². The normalized spacial score (nSPS) is 12.6. The first-order valence-corrected chi connectivity index (χ1v) is 9.88. The number of hydrogen-bond acceptors (Lipinski definition) is 4. The van der Waals surface area contributed by atoms with E-state index >= 15 is 0 Å². The molecule has 4 nitrogen and oxygen atoms in total. The van der Waals surface area contributed by atoms with Crippen LogP contribution in [0.1, 0.15) is 31.9 Å². The first kappa shape index (κ1) is 17.6. The van der Waals surface area contributed by atoms with Crippen LogP contribution in [0, 0.1) is 6.92 Å². The average molecular weight is 376 g/mol. The molecule has 136 valence electrons. The van der Waals surface area contributed by atoms with Crippen LogP contribution in [0.5, 0.6) is 0 Å². The van der Waals surface area contributed by atoms with E-state index in [0.717, 1.165) is 22.2 Å². The van der Waals surface area contributed by atoms with E-state index in [9.17, 15) is 9.59 Å². The molecule has 0 unspecified atom stereocenters. The van der Waals surface area contributed by atoms with E-state index in [0.29, 0.717) is 16.0 Å². The van der Waals surface area contributed by atoms with Gasteiger partial charge in [0.2, 0.25) is 5.43 Å². The Morgan fingerprint density at radius 2 is 1.78 bits per heavy atom. The van der Waals surface area contributed by atoms with E-state index in [1.54, 1.807) is 10.6 Å². The summed E-state index contributed by atoms with van der Waals surface area (Å²) in [4.78, 5) is 31.7. The molecule has 4 rings (SSSR count). The van der Waals surface area contributed by atoms with Crippen LogP contribution in [0.2, 0.25) is 0 Å². The monoisotopic (exact) mass is 376 g/mol. The molecule has 0 aliphatic carbocycles. The molecule has 5 heteroatoms. The third-order valence-corrected chi connectivity index (χ3v) is 6.05. The molecule has 0 spiro atoms. The molecule has 27 heavy (non-hydrogen) atoms. The van der Waals surface area contributed by atoms with E-state index in [-0.39, 0.29) is 22.4 Å². The van der Waals surface area contributed by atoms with E-state index in [4.69, 9.17) is 4.98 Å². The number of rotatable bonds is 3. The summed E-state index contributed by atoms with van der Waals surface area (Å²) in [6.07, 6.45) is 0.775. The van der Waals surface area contributed by atoms with Gasteiger partial charge >= 0.3 is 0 Å². The summed E-state index contributed by atoms with van der Waals surface area (Å²) in [5, 5.41) is 0.766.